The molecule has 188 valence electrons. The van der Waals surface area contributed by atoms with Crippen molar-refractivity contribution in [3.05, 3.63) is 48.0 Å². The van der Waals surface area contributed by atoms with E-state index in [2.05, 4.69) is 20.4 Å². The summed E-state index contributed by atoms with van der Waals surface area (Å²) in [6.07, 6.45) is -5.93. The molecule has 0 aliphatic carbocycles. The van der Waals surface area contributed by atoms with Crippen molar-refractivity contribution in [3.63, 3.8) is 0 Å². The molecule has 1 saturated heterocycles. The van der Waals surface area contributed by atoms with Crippen LogP contribution < -0.4 is 15.8 Å². The van der Waals surface area contributed by atoms with Crippen molar-refractivity contribution in [3.8, 4) is 28.6 Å². The Balaban J connectivity index is 1.58. The average molecular weight is 497 g/mol. The van der Waals surface area contributed by atoms with E-state index < -0.39 is 36.4 Å². The number of nitrogens with one attached hydrogen (secondary N) is 1. The number of ether oxygens (including phenoxy) is 3. The van der Waals surface area contributed by atoms with Gasteiger partial charge < -0.3 is 18.7 Å². The zero-order chi connectivity index (χ0) is 25.2. The van der Waals surface area contributed by atoms with E-state index in [0.717, 1.165) is 6.07 Å². The van der Waals surface area contributed by atoms with Gasteiger partial charge in [-0.2, -0.15) is 13.2 Å². The Morgan fingerprint density at radius 1 is 1.17 bits per heavy atom. The summed E-state index contributed by atoms with van der Waals surface area (Å²) in [4.78, 5) is 8.38. The van der Waals surface area contributed by atoms with Crippen LogP contribution in [0.2, 0.25) is 0 Å². The lowest BCUT2D eigenvalue weighted by Crippen LogP contribution is -2.61. The molecule has 0 radical (unpaired) electrons. The third kappa shape index (κ3) is 5.59. The molecule has 9 nitrogen and oxygen atoms in total. The van der Waals surface area contributed by atoms with Crippen LogP contribution in [0, 0.1) is 5.82 Å². The largest absolute Gasteiger partial charge is 0.474 e. The van der Waals surface area contributed by atoms with Crippen LogP contribution in [0.25, 0.3) is 22.7 Å². The summed E-state index contributed by atoms with van der Waals surface area (Å²) < 4.78 is 75.2. The van der Waals surface area contributed by atoms with Crippen molar-refractivity contribution >= 4 is 0 Å². The molecule has 0 amide bonds. The van der Waals surface area contributed by atoms with E-state index in [1.807, 2.05) is 0 Å². The van der Waals surface area contributed by atoms with Crippen LogP contribution in [0.4, 0.5) is 17.6 Å². The molecular weight excluding hydrogens is 474 g/mol. The summed E-state index contributed by atoms with van der Waals surface area (Å²) in [5.41, 5.74) is 5.33. The smallest absolute Gasteiger partial charge is 0.414 e. The first-order valence-electron chi connectivity index (χ1n) is 10.6. The van der Waals surface area contributed by atoms with Crippen LogP contribution in [0.5, 0.6) is 5.88 Å². The number of benzene rings is 1. The third-order valence-electron chi connectivity index (χ3n) is 5.51. The zero-order valence-corrected chi connectivity index (χ0v) is 18.8. The highest BCUT2D eigenvalue weighted by Crippen LogP contribution is 2.40. The molecule has 3 atom stereocenters. The Bertz CT molecular complexity index is 1160. The second-order valence-corrected chi connectivity index (χ2v) is 8.12. The van der Waals surface area contributed by atoms with Gasteiger partial charge in [-0.1, -0.05) is 5.16 Å². The van der Waals surface area contributed by atoms with Gasteiger partial charge in [0.05, 0.1) is 19.0 Å². The molecule has 0 spiro atoms. The molecule has 1 aliphatic heterocycles. The van der Waals surface area contributed by atoms with Gasteiger partial charge in [-0.15, -0.1) is 0 Å². The highest BCUT2D eigenvalue weighted by atomic mass is 19.4. The van der Waals surface area contributed by atoms with Crippen molar-refractivity contribution in [2.24, 2.45) is 5.73 Å². The lowest BCUT2D eigenvalue weighted by atomic mass is 9.83. The molecule has 0 saturated carbocycles. The fraction of sp³-hybridized carbons (Fsp3) is 0.409. The highest BCUT2D eigenvalue weighted by molar-refractivity contribution is 5.65. The first-order chi connectivity index (χ1) is 16.6. The molecule has 3 aromatic rings. The number of methoxy groups -OCH3 is 1. The van der Waals surface area contributed by atoms with E-state index >= 15 is 0 Å². The van der Waals surface area contributed by atoms with Crippen LogP contribution >= 0.6 is 0 Å². The molecule has 1 unspecified atom stereocenters. The van der Waals surface area contributed by atoms with Gasteiger partial charge in [-0.05, 0) is 25.1 Å². The predicted molar refractivity (Wildman–Crippen MR) is 114 cm³/mol. The predicted octanol–water partition coefficient (Wildman–Crippen LogP) is 3.36. The first-order valence-corrected chi connectivity index (χ1v) is 10.6. The number of nitrogens with two attached hydrogens (primary N) is 1. The number of halogens is 4. The van der Waals surface area contributed by atoms with Crippen LogP contribution in [-0.4, -0.2) is 54.1 Å². The summed E-state index contributed by atoms with van der Waals surface area (Å²) in [6.45, 7) is 2.16. The SMILES string of the molecule is COCCOc1cnc(-c2cc(-c3ccc(F)c([C@]4(C)C[C@@H](C(F)(F)F)OC(N)N4)c3)on2)cn1. The van der Waals surface area contributed by atoms with Gasteiger partial charge in [0.25, 0.3) is 0 Å². The molecule has 2 aromatic heterocycles. The lowest BCUT2D eigenvalue weighted by Gasteiger charge is -2.43. The summed E-state index contributed by atoms with van der Waals surface area (Å²) >= 11 is 0. The summed E-state index contributed by atoms with van der Waals surface area (Å²) in [6, 6.07) is 5.55. The Morgan fingerprint density at radius 2 is 1.97 bits per heavy atom. The van der Waals surface area contributed by atoms with Gasteiger partial charge in [0.1, 0.15) is 23.8 Å². The summed E-state index contributed by atoms with van der Waals surface area (Å²) in [5.74, 6) is -0.130. The van der Waals surface area contributed by atoms with Gasteiger partial charge in [0.15, 0.2) is 18.2 Å². The molecule has 1 aliphatic rings. The number of hydrogen-bond donors (Lipinski definition) is 2. The van der Waals surface area contributed by atoms with Crippen LogP contribution in [0.15, 0.2) is 41.2 Å². The fourth-order valence-corrected chi connectivity index (χ4v) is 3.77. The molecular formula is C22H23F4N5O4. The van der Waals surface area contributed by atoms with E-state index in [-0.39, 0.29) is 11.3 Å². The van der Waals surface area contributed by atoms with E-state index in [9.17, 15) is 17.6 Å². The Morgan fingerprint density at radius 3 is 2.66 bits per heavy atom. The van der Waals surface area contributed by atoms with Crippen molar-refractivity contribution in [2.45, 2.75) is 37.5 Å². The number of hydrogen-bond acceptors (Lipinski definition) is 9. The molecule has 4 rings (SSSR count). The Hall–Kier alpha value is -3.13. The molecule has 1 fully saturated rings. The molecule has 1 aromatic carbocycles. The number of alkyl halides is 3. The highest BCUT2D eigenvalue weighted by Gasteiger charge is 2.50. The summed E-state index contributed by atoms with van der Waals surface area (Å²) in [7, 11) is 1.55. The van der Waals surface area contributed by atoms with E-state index in [1.165, 1.54) is 31.5 Å². The van der Waals surface area contributed by atoms with E-state index in [1.54, 1.807) is 13.2 Å². The maximum absolute atomic E-state index is 14.8. The quantitative estimate of drug-likeness (QED) is 0.374. The minimum absolute atomic E-state index is 0.0155. The van der Waals surface area contributed by atoms with Crippen LogP contribution in [-0.2, 0) is 15.0 Å². The average Bonchev–Trinajstić information content (AvgIpc) is 3.29. The minimum atomic E-state index is -4.65. The lowest BCUT2D eigenvalue weighted by molar-refractivity contribution is -0.260. The minimum Gasteiger partial charge on any atom is -0.474 e. The van der Waals surface area contributed by atoms with Gasteiger partial charge in [0, 0.05) is 36.3 Å². The van der Waals surface area contributed by atoms with E-state index in [0.29, 0.717) is 36.0 Å². The Kier molecular flexibility index (Phi) is 7.03. The normalized spacial score (nSPS) is 22.8. The topological polar surface area (TPSA) is 118 Å². The second kappa shape index (κ2) is 9.85. The number of aromatic nitrogens is 3. The molecule has 0 bridgehead atoms. The monoisotopic (exact) mass is 497 g/mol. The Labute approximate surface area is 197 Å². The van der Waals surface area contributed by atoms with Crippen LogP contribution in [0.1, 0.15) is 18.9 Å². The van der Waals surface area contributed by atoms with Crippen LogP contribution in [0.3, 0.4) is 0 Å². The number of rotatable bonds is 7. The maximum Gasteiger partial charge on any atom is 0.414 e. The maximum atomic E-state index is 14.8. The second-order valence-electron chi connectivity index (χ2n) is 8.12. The number of nitrogens with zero attached hydrogens (tertiary/aromatic N) is 3. The van der Waals surface area contributed by atoms with Gasteiger partial charge in [-0.25, -0.2) is 14.4 Å². The molecule has 13 heteroatoms. The third-order valence-corrected chi connectivity index (χ3v) is 5.51. The summed E-state index contributed by atoms with van der Waals surface area (Å²) in [5, 5.41) is 6.69. The van der Waals surface area contributed by atoms with Crippen molar-refractivity contribution < 1.29 is 36.3 Å². The molecule has 35 heavy (non-hydrogen) atoms. The fourth-order valence-electron chi connectivity index (χ4n) is 3.77. The van der Waals surface area contributed by atoms with E-state index in [4.69, 9.17) is 24.5 Å². The first kappa shape index (κ1) is 25.0. The zero-order valence-electron chi connectivity index (χ0n) is 18.8. The van der Waals surface area contributed by atoms with Crippen molar-refractivity contribution in [1.82, 2.24) is 20.4 Å². The van der Waals surface area contributed by atoms with Gasteiger partial charge in [-0.3, -0.25) is 11.1 Å². The van der Waals surface area contributed by atoms with Crippen molar-refractivity contribution in [1.29, 1.82) is 0 Å². The van der Waals surface area contributed by atoms with Gasteiger partial charge >= 0.3 is 6.18 Å². The molecule has 3 N–H and O–H groups in total. The standard InChI is InChI=1S/C22H23F4N5O4/c1-21(9-18(22(24,25)26)34-20(27)30-21)13-7-12(3-4-14(13)23)17-8-15(31-35-17)16-10-29-19(11-28-16)33-6-5-32-2/h3-4,7-8,10-11,18,20,30H,5-6,9,27H2,1-2H3/t18-,20?,21-/m0/s1. The van der Waals surface area contributed by atoms with Gasteiger partial charge in [0.2, 0.25) is 5.88 Å². The molecule has 3 heterocycles. The van der Waals surface area contributed by atoms with Crippen molar-refractivity contribution in [2.75, 3.05) is 20.3 Å².